The highest BCUT2D eigenvalue weighted by molar-refractivity contribution is 5.85. The van der Waals surface area contributed by atoms with E-state index in [0.717, 1.165) is 12.8 Å². The van der Waals surface area contributed by atoms with Crippen LogP contribution in [0.1, 0.15) is 58.8 Å². The molecular formula is C18H31N3O7. The third-order valence-electron chi connectivity index (χ3n) is 4.37. The number of amides is 2. The molecule has 0 rings (SSSR count). The third kappa shape index (κ3) is 12.0. The summed E-state index contributed by atoms with van der Waals surface area (Å²) >= 11 is 0. The van der Waals surface area contributed by atoms with Crippen LogP contribution in [0.4, 0.5) is 0 Å². The predicted molar refractivity (Wildman–Crippen MR) is 100 cm³/mol. The number of carbonyl (C=O) groups excluding carboxylic acids is 3. The summed E-state index contributed by atoms with van der Waals surface area (Å²) in [5, 5.41) is 22.7. The van der Waals surface area contributed by atoms with Gasteiger partial charge in [-0.3, -0.25) is 19.2 Å². The zero-order valence-corrected chi connectivity index (χ0v) is 16.4. The van der Waals surface area contributed by atoms with Gasteiger partial charge in [-0.05, 0) is 32.6 Å². The van der Waals surface area contributed by atoms with Gasteiger partial charge < -0.3 is 26.6 Å². The molecule has 6 N–H and O–H groups in total. The molecule has 0 aromatic heterocycles. The Morgan fingerprint density at radius 1 is 0.893 bits per heavy atom. The van der Waals surface area contributed by atoms with Gasteiger partial charge in [-0.1, -0.05) is 13.3 Å². The smallest absolute Gasteiger partial charge is 0.326 e. The number of rotatable bonds is 15. The van der Waals surface area contributed by atoms with Gasteiger partial charge in [0.1, 0.15) is 17.9 Å². The Hall–Kier alpha value is -2.49. The predicted octanol–water partition coefficient (Wildman–Crippen LogP) is 0.0397. The molecule has 0 saturated carbocycles. The molecule has 0 heterocycles. The molecule has 10 nitrogen and oxygen atoms in total. The molecule has 0 aliphatic rings. The van der Waals surface area contributed by atoms with Crippen molar-refractivity contribution >= 4 is 29.5 Å². The molecule has 28 heavy (non-hydrogen) atoms. The third-order valence-corrected chi connectivity index (χ3v) is 4.37. The van der Waals surface area contributed by atoms with E-state index in [1.54, 1.807) is 6.92 Å². The van der Waals surface area contributed by atoms with Crippen LogP contribution in [0, 0.1) is 5.92 Å². The van der Waals surface area contributed by atoms with Crippen molar-refractivity contribution in [3.05, 3.63) is 0 Å². The van der Waals surface area contributed by atoms with Crippen molar-refractivity contribution in [3.63, 3.8) is 0 Å². The van der Waals surface area contributed by atoms with Gasteiger partial charge in [0.05, 0.1) is 0 Å². The van der Waals surface area contributed by atoms with Gasteiger partial charge in [0.2, 0.25) is 11.8 Å². The van der Waals surface area contributed by atoms with E-state index in [1.165, 1.54) is 0 Å². The number of carbonyl (C=O) groups is 5. The number of hydrogen-bond donors (Lipinski definition) is 5. The minimum absolute atomic E-state index is 0.000635. The average molecular weight is 401 g/mol. The average Bonchev–Trinajstić information content (AvgIpc) is 2.61. The first-order valence-electron chi connectivity index (χ1n) is 9.32. The lowest BCUT2D eigenvalue weighted by Crippen LogP contribution is -2.42. The van der Waals surface area contributed by atoms with Crippen LogP contribution in [-0.2, 0) is 24.0 Å². The van der Waals surface area contributed by atoms with Crippen molar-refractivity contribution in [2.45, 2.75) is 70.9 Å². The number of nitrogens with two attached hydrogens (primary N) is 1. The van der Waals surface area contributed by atoms with Gasteiger partial charge in [0.25, 0.3) is 0 Å². The Balaban J connectivity index is 4.12. The molecule has 2 amide bonds. The van der Waals surface area contributed by atoms with Gasteiger partial charge >= 0.3 is 11.9 Å². The molecule has 0 radical (unpaired) electrons. The van der Waals surface area contributed by atoms with Crippen molar-refractivity contribution < 1.29 is 34.2 Å². The van der Waals surface area contributed by atoms with E-state index in [4.69, 9.17) is 15.9 Å². The molecule has 0 aromatic rings. The maximum atomic E-state index is 11.8. The number of aliphatic carboxylic acids is 2. The van der Waals surface area contributed by atoms with Gasteiger partial charge in [0.15, 0.2) is 0 Å². The van der Waals surface area contributed by atoms with Gasteiger partial charge in [-0.25, -0.2) is 4.79 Å². The molecule has 160 valence electrons. The Bertz CT molecular complexity index is 565. The minimum atomic E-state index is -1.28. The fourth-order valence-electron chi connectivity index (χ4n) is 2.30. The van der Waals surface area contributed by atoms with Crippen LogP contribution < -0.4 is 16.4 Å². The molecule has 0 spiro atoms. The molecule has 0 bridgehead atoms. The summed E-state index contributed by atoms with van der Waals surface area (Å²) in [6.07, 6.45) is 1.77. The maximum Gasteiger partial charge on any atom is 0.326 e. The number of unbranched alkanes of at least 4 members (excludes halogenated alkanes) is 1. The van der Waals surface area contributed by atoms with Crippen molar-refractivity contribution in [1.29, 1.82) is 0 Å². The second-order valence-corrected chi connectivity index (χ2v) is 6.84. The van der Waals surface area contributed by atoms with Gasteiger partial charge in [0, 0.05) is 25.3 Å². The van der Waals surface area contributed by atoms with Crippen molar-refractivity contribution in [1.82, 2.24) is 10.6 Å². The van der Waals surface area contributed by atoms with Crippen LogP contribution in [-0.4, -0.2) is 58.4 Å². The normalized spacial score (nSPS) is 13.8. The van der Waals surface area contributed by atoms with Crippen LogP contribution in [0.15, 0.2) is 0 Å². The highest BCUT2D eigenvalue weighted by atomic mass is 16.4. The summed E-state index contributed by atoms with van der Waals surface area (Å²) in [6.45, 7) is 3.84. The van der Waals surface area contributed by atoms with Crippen molar-refractivity contribution in [3.8, 4) is 0 Å². The quantitative estimate of drug-likeness (QED) is 0.239. The summed E-state index contributed by atoms with van der Waals surface area (Å²) < 4.78 is 0. The minimum Gasteiger partial charge on any atom is -0.480 e. The standard InChI is InChI=1S/C18H31N3O7/c1-11(12(2)22)5-3-4-10-20-15(23)9-7-14(18(27)28)21-16(24)8-6-13(19)17(25)26/h11,13-14H,3-10,19H2,1-2H3,(H,20,23)(H,21,24)(H,25,26)(H,27,28)/t11-,13-,14-/m0/s1. The molecule has 0 aliphatic heterocycles. The molecule has 10 heteroatoms. The lowest BCUT2D eigenvalue weighted by atomic mass is 10.0. The van der Waals surface area contributed by atoms with E-state index in [1.807, 2.05) is 6.92 Å². The molecule has 3 atom stereocenters. The van der Waals surface area contributed by atoms with Crippen LogP contribution >= 0.6 is 0 Å². The first kappa shape index (κ1) is 25.5. The highest BCUT2D eigenvalue weighted by Crippen LogP contribution is 2.08. The maximum absolute atomic E-state index is 11.8. The zero-order valence-electron chi connectivity index (χ0n) is 16.4. The number of hydrogen-bond acceptors (Lipinski definition) is 6. The lowest BCUT2D eigenvalue weighted by molar-refractivity contribution is -0.142. The summed E-state index contributed by atoms with van der Waals surface area (Å²) in [4.78, 5) is 56.5. The molecule has 0 saturated heterocycles. The summed E-state index contributed by atoms with van der Waals surface area (Å²) in [5.74, 6) is -3.34. The van der Waals surface area contributed by atoms with E-state index < -0.39 is 29.9 Å². The van der Waals surface area contributed by atoms with E-state index in [0.29, 0.717) is 13.0 Å². The Morgan fingerprint density at radius 3 is 2.04 bits per heavy atom. The Kier molecular flexibility index (Phi) is 12.4. The van der Waals surface area contributed by atoms with E-state index in [-0.39, 0.29) is 43.3 Å². The van der Waals surface area contributed by atoms with Crippen LogP contribution in [0.5, 0.6) is 0 Å². The topological polar surface area (TPSA) is 176 Å². The van der Waals surface area contributed by atoms with E-state index >= 15 is 0 Å². The molecular weight excluding hydrogens is 370 g/mol. The summed E-state index contributed by atoms with van der Waals surface area (Å²) in [5.41, 5.74) is 5.29. The fourth-order valence-corrected chi connectivity index (χ4v) is 2.30. The SMILES string of the molecule is CC(=O)[C@@H](C)CCCCNC(=O)CC[C@H](NC(=O)CC[C@H](N)C(=O)O)C(=O)O. The monoisotopic (exact) mass is 401 g/mol. The molecule has 0 fully saturated rings. The molecule has 0 aliphatic carbocycles. The van der Waals surface area contributed by atoms with E-state index in [2.05, 4.69) is 10.6 Å². The van der Waals surface area contributed by atoms with Crippen LogP contribution in [0.3, 0.4) is 0 Å². The molecule has 0 aromatic carbocycles. The number of ketones is 1. The second-order valence-electron chi connectivity index (χ2n) is 6.84. The largest absolute Gasteiger partial charge is 0.480 e. The van der Waals surface area contributed by atoms with E-state index in [9.17, 15) is 24.0 Å². The Labute approximate surface area is 164 Å². The summed E-state index contributed by atoms with van der Waals surface area (Å²) in [7, 11) is 0. The van der Waals surface area contributed by atoms with Crippen LogP contribution in [0.25, 0.3) is 0 Å². The van der Waals surface area contributed by atoms with Gasteiger partial charge in [-0.15, -0.1) is 0 Å². The number of carboxylic acids is 2. The highest BCUT2D eigenvalue weighted by Gasteiger charge is 2.22. The number of carboxylic acid groups (broad SMARTS) is 2. The number of nitrogens with one attached hydrogen (secondary N) is 2. The Morgan fingerprint density at radius 2 is 1.50 bits per heavy atom. The first-order chi connectivity index (χ1) is 13.0. The second kappa shape index (κ2) is 13.6. The van der Waals surface area contributed by atoms with Crippen LogP contribution in [0.2, 0.25) is 0 Å². The number of Topliss-reactive ketones (excluding diaryl/α,β-unsaturated/α-hetero) is 1. The lowest BCUT2D eigenvalue weighted by Gasteiger charge is -2.15. The molecule has 0 unspecified atom stereocenters. The van der Waals surface area contributed by atoms with Crippen molar-refractivity contribution in [2.24, 2.45) is 11.7 Å². The fraction of sp³-hybridized carbons (Fsp3) is 0.722. The van der Waals surface area contributed by atoms with Gasteiger partial charge in [-0.2, -0.15) is 0 Å². The zero-order chi connectivity index (χ0) is 21.7. The van der Waals surface area contributed by atoms with Crippen molar-refractivity contribution in [2.75, 3.05) is 6.54 Å². The summed E-state index contributed by atoms with van der Waals surface area (Å²) in [6, 6.07) is -2.44. The first-order valence-corrected chi connectivity index (χ1v) is 9.32.